The van der Waals surface area contributed by atoms with E-state index in [1.807, 2.05) is 25.1 Å². The number of benzene rings is 1. The molecule has 1 heterocycles. The Labute approximate surface area is 99.9 Å². The van der Waals surface area contributed by atoms with Crippen LogP contribution in [0.15, 0.2) is 18.2 Å². The zero-order chi connectivity index (χ0) is 12.3. The minimum Gasteiger partial charge on any atom is -0.486 e. The van der Waals surface area contributed by atoms with Crippen molar-refractivity contribution in [1.82, 2.24) is 5.32 Å². The Morgan fingerprint density at radius 3 is 2.82 bits per heavy atom. The molecule has 92 valence electrons. The van der Waals surface area contributed by atoms with Gasteiger partial charge in [-0.05, 0) is 24.6 Å². The Morgan fingerprint density at radius 1 is 1.41 bits per heavy atom. The van der Waals surface area contributed by atoms with Gasteiger partial charge in [0.05, 0.1) is 12.6 Å². The molecule has 1 aliphatic rings. The van der Waals surface area contributed by atoms with Crippen molar-refractivity contribution in [2.75, 3.05) is 19.8 Å². The van der Waals surface area contributed by atoms with Crippen molar-refractivity contribution < 1.29 is 14.3 Å². The Balaban J connectivity index is 2.13. The lowest BCUT2D eigenvalue weighted by molar-refractivity contribution is -0.120. The quantitative estimate of drug-likeness (QED) is 0.805. The molecular weight excluding hydrogens is 220 g/mol. The molecule has 1 aromatic carbocycles. The number of carbonyl (C=O) groups excluding carboxylic acids is 1. The molecule has 0 bridgehead atoms. The van der Waals surface area contributed by atoms with Crippen molar-refractivity contribution in [1.29, 1.82) is 0 Å². The van der Waals surface area contributed by atoms with Crippen LogP contribution in [0, 0.1) is 0 Å². The van der Waals surface area contributed by atoms with Crippen molar-refractivity contribution >= 4 is 5.91 Å². The summed E-state index contributed by atoms with van der Waals surface area (Å²) < 4.78 is 10.9. The molecule has 3 N–H and O–H groups in total. The monoisotopic (exact) mass is 236 g/mol. The van der Waals surface area contributed by atoms with E-state index in [0.29, 0.717) is 13.2 Å². The van der Waals surface area contributed by atoms with Gasteiger partial charge in [0.2, 0.25) is 5.91 Å². The third kappa shape index (κ3) is 2.68. The summed E-state index contributed by atoms with van der Waals surface area (Å²) in [4.78, 5) is 11.2. The van der Waals surface area contributed by atoms with Crippen LogP contribution in [-0.4, -0.2) is 25.7 Å². The summed E-state index contributed by atoms with van der Waals surface area (Å²) in [5, 5.41) is 2.79. The second-order valence-corrected chi connectivity index (χ2v) is 3.90. The van der Waals surface area contributed by atoms with Gasteiger partial charge >= 0.3 is 0 Å². The number of carbonyl (C=O) groups is 1. The molecule has 0 saturated carbocycles. The van der Waals surface area contributed by atoms with E-state index in [2.05, 4.69) is 5.32 Å². The maximum Gasteiger partial charge on any atom is 0.234 e. The molecule has 1 aromatic rings. The number of rotatable bonds is 3. The lowest BCUT2D eigenvalue weighted by Crippen LogP contribution is -2.32. The van der Waals surface area contributed by atoms with Crippen LogP contribution in [0.3, 0.4) is 0 Å². The summed E-state index contributed by atoms with van der Waals surface area (Å²) >= 11 is 0. The van der Waals surface area contributed by atoms with Crippen molar-refractivity contribution in [2.45, 2.75) is 13.0 Å². The number of amides is 1. The van der Waals surface area contributed by atoms with E-state index in [1.165, 1.54) is 0 Å². The van der Waals surface area contributed by atoms with Gasteiger partial charge in [0.1, 0.15) is 13.2 Å². The van der Waals surface area contributed by atoms with Gasteiger partial charge in [-0.2, -0.15) is 0 Å². The van der Waals surface area contributed by atoms with Crippen LogP contribution in [0.4, 0.5) is 0 Å². The highest BCUT2D eigenvalue weighted by Crippen LogP contribution is 2.32. The minimum absolute atomic E-state index is 0.00507. The molecule has 0 aliphatic carbocycles. The van der Waals surface area contributed by atoms with Gasteiger partial charge in [-0.1, -0.05) is 6.07 Å². The first-order chi connectivity index (χ1) is 8.20. The molecular formula is C12H16N2O3. The maximum absolute atomic E-state index is 11.2. The summed E-state index contributed by atoms with van der Waals surface area (Å²) in [6.07, 6.45) is 0. The van der Waals surface area contributed by atoms with Gasteiger partial charge in [0.15, 0.2) is 11.5 Å². The van der Waals surface area contributed by atoms with Crippen molar-refractivity contribution in [3.63, 3.8) is 0 Å². The van der Waals surface area contributed by atoms with E-state index in [4.69, 9.17) is 15.2 Å². The SMILES string of the molecule is CC(NC(=O)CN)c1ccc2c(c1)OCCO2. The van der Waals surface area contributed by atoms with Crippen LogP contribution in [0.2, 0.25) is 0 Å². The summed E-state index contributed by atoms with van der Waals surface area (Å²) in [7, 11) is 0. The summed E-state index contributed by atoms with van der Waals surface area (Å²) in [6, 6.07) is 5.56. The molecule has 0 radical (unpaired) electrons. The standard InChI is InChI=1S/C12H16N2O3/c1-8(14-12(15)7-13)9-2-3-10-11(6-9)17-5-4-16-10/h2-3,6,8H,4-5,7,13H2,1H3,(H,14,15). The fraction of sp³-hybridized carbons (Fsp3) is 0.417. The lowest BCUT2D eigenvalue weighted by atomic mass is 10.1. The van der Waals surface area contributed by atoms with Gasteiger partial charge in [-0.3, -0.25) is 4.79 Å². The van der Waals surface area contributed by atoms with Crippen LogP contribution in [0.1, 0.15) is 18.5 Å². The molecule has 0 saturated heterocycles. The Hall–Kier alpha value is -1.75. The highest BCUT2D eigenvalue weighted by atomic mass is 16.6. The van der Waals surface area contributed by atoms with E-state index in [1.54, 1.807) is 0 Å². The molecule has 1 amide bonds. The molecule has 0 spiro atoms. The first-order valence-electron chi connectivity index (χ1n) is 5.59. The average Bonchev–Trinajstić information content (AvgIpc) is 2.38. The molecule has 5 nitrogen and oxygen atoms in total. The van der Waals surface area contributed by atoms with E-state index in [9.17, 15) is 4.79 Å². The van der Waals surface area contributed by atoms with Gasteiger partial charge in [0.25, 0.3) is 0 Å². The number of hydrogen-bond acceptors (Lipinski definition) is 4. The number of hydrogen-bond donors (Lipinski definition) is 2. The topological polar surface area (TPSA) is 73.6 Å². The zero-order valence-electron chi connectivity index (χ0n) is 9.73. The van der Waals surface area contributed by atoms with Gasteiger partial charge in [-0.25, -0.2) is 0 Å². The fourth-order valence-electron chi connectivity index (χ4n) is 1.71. The third-order valence-corrected chi connectivity index (χ3v) is 2.63. The normalized spacial score (nSPS) is 15.2. The number of fused-ring (bicyclic) bond motifs is 1. The lowest BCUT2D eigenvalue weighted by Gasteiger charge is -2.21. The highest BCUT2D eigenvalue weighted by molar-refractivity contribution is 5.78. The van der Waals surface area contributed by atoms with E-state index >= 15 is 0 Å². The summed E-state index contributed by atoms with van der Waals surface area (Å²) in [5.74, 6) is 1.30. The van der Waals surface area contributed by atoms with Crippen molar-refractivity contribution in [3.05, 3.63) is 23.8 Å². The van der Waals surface area contributed by atoms with E-state index < -0.39 is 0 Å². The number of ether oxygens (including phenoxy) is 2. The second kappa shape index (κ2) is 5.05. The van der Waals surface area contributed by atoms with Crippen molar-refractivity contribution in [2.24, 2.45) is 5.73 Å². The van der Waals surface area contributed by atoms with Gasteiger partial charge in [0, 0.05) is 0 Å². The van der Waals surface area contributed by atoms with Gasteiger partial charge in [-0.15, -0.1) is 0 Å². The molecule has 2 rings (SSSR count). The number of nitrogens with one attached hydrogen (secondary N) is 1. The van der Waals surface area contributed by atoms with E-state index in [0.717, 1.165) is 17.1 Å². The first kappa shape index (κ1) is 11.7. The number of nitrogens with two attached hydrogens (primary N) is 1. The average molecular weight is 236 g/mol. The van der Waals surface area contributed by atoms with E-state index in [-0.39, 0.29) is 18.5 Å². The Kier molecular flexibility index (Phi) is 3.49. The zero-order valence-corrected chi connectivity index (χ0v) is 9.73. The predicted octanol–water partition coefficient (Wildman–Crippen LogP) is 0.594. The Morgan fingerprint density at radius 2 is 2.12 bits per heavy atom. The van der Waals surface area contributed by atoms with Crippen LogP contribution < -0.4 is 20.5 Å². The summed E-state index contributed by atoms with van der Waals surface area (Å²) in [6.45, 7) is 3.03. The fourth-order valence-corrected chi connectivity index (χ4v) is 1.71. The Bertz CT molecular complexity index is 420. The third-order valence-electron chi connectivity index (χ3n) is 2.63. The summed E-state index contributed by atoms with van der Waals surface area (Å²) in [5.41, 5.74) is 6.22. The molecule has 0 aromatic heterocycles. The van der Waals surface area contributed by atoms with Crippen LogP contribution >= 0.6 is 0 Å². The molecule has 1 atom stereocenters. The minimum atomic E-state index is -0.174. The highest BCUT2D eigenvalue weighted by Gasteiger charge is 2.15. The van der Waals surface area contributed by atoms with Crippen LogP contribution in [0.25, 0.3) is 0 Å². The van der Waals surface area contributed by atoms with Crippen LogP contribution in [-0.2, 0) is 4.79 Å². The largest absolute Gasteiger partial charge is 0.486 e. The molecule has 0 fully saturated rings. The van der Waals surface area contributed by atoms with Crippen LogP contribution in [0.5, 0.6) is 11.5 Å². The van der Waals surface area contributed by atoms with Crippen molar-refractivity contribution in [3.8, 4) is 11.5 Å². The first-order valence-corrected chi connectivity index (χ1v) is 5.59. The maximum atomic E-state index is 11.2. The second-order valence-electron chi connectivity index (χ2n) is 3.90. The molecule has 1 unspecified atom stereocenters. The smallest absolute Gasteiger partial charge is 0.234 e. The molecule has 5 heteroatoms. The van der Waals surface area contributed by atoms with Gasteiger partial charge < -0.3 is 20.5 Å². The molecule has 17 heavy (non-hydrogen) atoms. The molecule has 1 aliphatic heterocycles. The predicted molar refractivity (Wildman–Crippen MR) is 63.0 cm³/mol.